The van der Waals surface area contributed by atoms with Gasteiger partial charge in [-0.1, -0.05) is 19.9 Å². The van der Waals surface area contributed by atoms with Crippen LogP contribution in [0.15, 0.2) is 39.5 Å². The maximum absolute atomic E-state index is 12.6. The van der Waals surface area contributed by atoms with Crippen molar-refractivity contribution in [3.8, 4) is 0 Å². The molecule has 144 valence electrons. The number of benzene rings is 1. The van der Waals surface area contributed by atoms with Crippen LogP contribution in [0.5, 0.6) is 0 Å². The highest BCUT2D eigenvalue weighted by molar-refractivity contribution is 6.05. The van der Waals surface area contributed by atoms with Crippen molar-refractivity contribution in [3.05, 3.63) is 63.2 Å². The van der Waals surface area contributed by atoms with E-state index < -0.39 is 11.5 Å². The normalized spacial score (nSPS) is 10.7. The van der Waals surface area contributed by atoms with Crippen LogP contribution >= 0.6 is 0 Å². The van der Waals surface area contributed by atoms with Crippen molar-refractivity contribution in [3.63, 3.8) is 0 Å². The molecule has 0 aliphatic heterocycles. The lowest BCUT2D eigenvalue weighted by atomic mass is 10.0. The third kappa shape index (κ3) is 5.29. The summed E-state index contributed by atoms with van der Waals surface area (Å²) in [5, 5.41) is 2.67. The molecule has 0 aliphatic rings. The first-order chi connectivity index (χ1) is 12.7. The molecule has 1 N–H and O–H groups in total. The molecule has 2 rings (SSSR count). The van der Waals surface area contributed by atoms with Crippen LogP contribution in [0.1, 0.15) is 52.3 Å². The largest absolute Gasteiger partial charge is 0.427 e. The molecular formula is C21H26N2O4. The Bertz CT molecular complexity index is 897. The molecule has 1 aromatic carbocycles. The summed E-state index contributed by atoms with van der Waals surface area (Å²) in [6.07, 6.45) is 1.56. The van der Waals surface area contributed by atoms with Gasteiger partial charge < -0.3 is 14.6 Å². The van der Waals surface area contributed by atoms with Crippen LogP contribution in [-0.2, 0) is 6.42 Å². The van der Waals surface area contributed by atoms with Crippen molar-refractivity contribution in [2.75, 3.05) is 19.4 Å². The molecule has 1 aromatic heterocycles. The minimum Gasteiger partial charge on any atom is -0.427 e. The molecule has 0 radical (unpaired) electrons. The van der Waals surface area contributed by atoms with Gasteiger partial charge in [-0.3, -0.25) is 9.59 Å². The Labute approximate surface area is 159 Å². The van der Waals surface area contributed by atoms with Crippen LogP contribution in [-0.4, -0.2) is 30.8 Å². The van der Waals surface area contributed by atoms with Gasteiger partial charge in [-0.2, -0.15) is 0 Å². The standard InChI is InChI=1S/C21H26N2O4/c1-13(2)9-10-17-11-14(3)18(21(26)27-17)19(24)22-16-8-6-7-15(12-16)20(25)23(4)5/h6-8,11-13H,9-10H2,1-5H3,(H,22,24). The number of aryl methyl sites for hydroxylation is 2. The number of nitrogens with zero attached hydrogens (tertiary/aromatic N) is 1. The lowest BCUT2D eigenvalue weighted by Crippen LogP contribution is -2.24. The molecule has 0 atom stereocenters. The summed E-state index contributed by atoms with van der Waals surface area (Å²) in [4.78, 5) is 38.4. The van der Waals surface area contributed by atoms with Gasteiger partial charge in [-0.15, -0.1) is 0 Å². The van der Waals surface area contributed by atoms with Gasteiger partial charge in [0.2, 0.25) is 0 Å². The van der Waals surface area contributed by atoms with E-state index in [0.29, 0.717) is 34.9 Å². The SMILES string of the molecule is Cc1cc(CCC(C)C)oc(=O)c1C(=O)Nc1cccc(C(=O)N(C)C)c1. The highest BCUT2D eigenvalue weighted by Crippen LogP contribution is 2.15. The fourth-order valence-corrected chi connectivity index (χ4v) is 2.68. The summed E-state index contributed by atoms with van der Waals surface area (Å²) >= 11 is 0. The van der Waals surface area contributed by atoms with Crippen molar-refractivity contribution in [1.82, 2.24) is 4.90 Å². The van der Waals surface area contributed by atoms with E-state index in [1.54, 1.807) is 51.4 Å². The lowest BCUT2D eigenvalue weighted by Gasteiger charge is -2.12. The molecule has 27 heavy (non-hydrogen) atoms. The predicted octanol–water partition coefficient (Wildman–Crippen LogP) is 3.49. The number of anilines is 1. The summed E-state index contributed by atoms with van der Waals surface area (Å²) in [7, 11) is 3.31. The van der Waals surface area contributed by atoms with Crippen LogP contribution in [0, 0.1) is 12.8 Å². The van der Waals surface area contributed by atoms with Gasteiger partial charge in [-0.25, -0.2) is 4.79 Å². The Kier molecular flexibility index (Phi) is 6.55. The van der Waals surface area contributed by atoms with Crippen molar-refractivity contribution in [2.24, 2.45) is 5.92 Å². The zero-order valence-electron chi connectivity index (χ0n) is 16.5. The summed E-state index contributed by atoms with van der Waals surface area (Å²) in [5.41, 5.74) is 0.795. The zero-order chi connectivity index (χ0) is 20.1. The second-order valence-electron chi connectivity index (χ2n) is 7.23. The number of amides is 2. The Morgan fingerprint density at radius 1 is 1.19 bits per heavy atom. The van der Waals surface area contributed by atoms with E-state index in [0.717, 1.165) is 6.42 Å². The van der Waals surface area contributed by atoms with E-state index >= 15 is 0 Å². The third-order valence-electron chi connectivity index (χ3n) is 4.17. The number of carbonyl (C=O) groups excluding carboxylic acids is 2. The summed E-state index contributed by atoms with van der Waals surface area (Å²) < 4.78 is 5.31. The van der Waals surface area contributed by atoms with Gasteiger partial charge in [0, 0.05) is 31.8 Å². The Hall–Kier alpha value is -2.89. The Morgan fingerprint density at radius 3 is 2.48 bits per heavy atom. The fourth-order valence-electron chi connectivity index (χ4n) is 2.68. The van der Waals surface area contributed by atoms with E-state index in [4.69, 9.17) is 4.42 Å². The molecule has 6 nitrogen and oxygen atoms in total. The van der Waals surface area contributed by atoms with E-state index in [9.17, 15) is 14.4 Å². The maximum Gasteiger partial charge on any atom is 0.349 e. The van der Waals surface area contributed by atoms with Gasteiger partial charge in [-0.05, 0) is 49.1 Å². The highest BCUT2D eigenvalue weighted by Gasteiger charge is 2.18. The predicted molar refractivity (Wildman–Crippen MR) is 105 cm³/mol. The first kappa shape index (κ1) is 20.4. The van der Waals surface area contributed by atoms with Gasteiger partial charge in [0.25, 0.3) is 11.8 Å². The van der Waals surface area contributed by atoms with E-state index in [2.05, 4.69) is 19.2 Å². The summed E-state index contributed by atoms with van der Waals surface area (Å²) in [6.45, 7) is 5.92. The Morgan fingerprint density at radius 2 is 1.89 bits per heavy atom. The molecule has 0 bridgehead atoms. The quantitative estimate of drug-likeness (QED) is 0.844. The first-order valence-corrected chi connectivity index (χ1v) is 8.95. The molecule has 2 amide bonds. The van der Waals surface area contributed by atoms with Crippen LogP contribution in [0.25, 0.3) is 0 Å². The van der Waals surface area contributed by atoms with Crippen LogP contribution in [0.3, 0.4) is 0 Å². The van der Waals surface area contributed by atoms with E-state index in [-0.39, 0.29) is 11.5 Å². The number of hydrogen-bond donors (Lipinski definition) is 1. The highest BCUT2D eigenvalue weighted by atomic mass is 16.4. The number of rotatable bonds is 6. The molecule has 6 heteroatoms. The van der Waals surface area contributed by atoms with Gasteiger partial charge in [0.05, 0.1) is 0 Å². The van der Waals surface area contributed by atoms with Crippen molar-refractivity contribution in [2.45, 2.75) is 33.6 Å². The van der Waals surface area contributed by atoms with Crippen molar-refractivity contribution in [1.29, 1.82) is 0 Å². The van der Waals surface area contributed by atoms with Gasteiger partial charge in [0.1, 0.15) is 11.3 Å². The smallest absolute Gasteiger partial charge is 0.349 e. The Balaban J connectivity index is 2.22. The van der Waals surface area contributed by atoms with Crippen LogP contribution in [0.4, 0.5) is 5.69 Å². The van der Waals surface area contributed by atoms with Gasteiger partial charge >= 0.3 is 5.63 Å². The average molecular weight is 370 g/mol. The zero-order valence-corrected chi connectivity index (χ0v) is 16.5. The molecule has 0 saturated heterocycles. The van der Waals surface area contributed by atoms with E-state index in [1.165, 1.54) is 4.90 Å². The molecule has 0 aliphatic carbocycles. The molecule has 2 aromatic rings. The second kappa shape index (κ2) is 8.66. The molecule has 0 saturated carbocycles. The minimum atomic E-state index is -0.647. The van der Waals surface area contributed by atoms with Crippen molar-refractivity contribution >= 4 is 17.5 Å². The molecule has 1 heterocycles. The minimum absolute atomic E-state index is 0.0207. The molecule has 0 spiro atoms. The second-order valence-corrected chi connectivity index (χ2v) is 7.23. The number of hydrogen-bond acceptors (Lipinski definition) is 4. The maximum atomic E-state index is 12.6. The fraction of sp³-hybridized carbons (Fsp3) is 0.381. The molecule has 0 unspecified atom stereocenters. The van der Waals surface area contributed by atoms with Gasteiger partial charge in [0.15, 0.2) is 0 Å². The van der Waals surface area contributed by atoms with Crippen molar-refractivity contribution < 1.29 is 14.0 Å². The van der Waals surface area contributed by atoms with Crippen LogP contribution in [0.2, 0.25) is 0 Å². The summed E-state index contributed by atoms with van der Waals surface area (Å²) in [5.74, 6) is 0.361. The third-order valence-corrected chi connectivity index (χ3v) is 4.17. The van der Waals surface area contributed by atoms with E-state index in [1.807, 2.05) is 0 Å². The first-order valence-electron chi connectivity index (χ1n) is 8.95. The van der Waals surface area contributed by atoms with Crippen LogP contribution < -0.4 is 10.9 Å². The number of nitrogens with one attached hydrogen (secondary N) is 1. The topological polar surface area (TPSA) is 79.6 Å². The average Bonchev–Trinajstić information content (AvgIpc) is 2.58. The molecular weight excluding hydrogens is 344 g/mol. The summed E-state index contributed by atoms with van der Waals surface area (Å²) in [6, 6.07) is 8.33. The lowest BCUT2D eigenvalue weighted by molar-refractivity contribution is 0.0827. The molecule has 0 fully saturated rings. The monoisotopic (exact) mass is 370 g/mol. The number of carbonyl (C=O) groups is 2.